The smallest absolute Gasteiger partial charge is 0.328 e. The average molecular weight is 280 g/mol. The maximum Gasteiger partial charge on any atom is 0.328 e. The van der Waals surface area contributed by atoms with Crippen LogP contribution < -0.4 is 5.32 Å². The molecule has 1 aromatic heterocycles. The topological polar surface area (TPSA) is 69.6 Å². The zero-order valence-electron chi connectivity index (χ0n) is 10.6. The Bertz CT molecular complexity index is 510. The van der Waals surface area contributed by atoms with Crippen molar-refractivity contribution in [2.24, 2.45) is 0 Å². The third-order valence-corrected chi connectivity index (χ3v) is 4.02. The zero-order chi connectivity index (χ0) is 13.8. The summed E-state index contributed by atoms with van der Waals surface area (Å²) in [6.45, 7) is 4.14. The van der Waals surface area contributed by atoms with Crippen LogP contribution in [0.1, 0.15) is 17.4 Å². The monoisotopic (exact) mass is 280 g/mol. The number of hydrogen-bond acceptors (Lipinski definition) is 4. The second-order valence-corrected chi connectivity index (χ2v) is 5.45. The first-order valence-electron chi connectivity index (χ1n) is 6.06. The number of carboxylic acid groups (broad SMARTS) is 1. The number of carboxylic acids is 1. The summed E-state index contributed by atoms with van der Waals surface area (Å²) in [6, 6.07) is 1.84. The highest BCUT2D eigenvalue weighted by Crippen LogP contribution is 2.19. The van der Waals surface area contributed by atoms with Gasteiger partial charge in [-0.15, -0.1) is 11.3 Å². The van der Waals surface area contributed by atoms with Gasteiger partial charge in [-0.1, -0.05) is 0 Å². The van der Waals surface area contributed by atoms with E-state index in [1.807, 2.05) is 18.4 Å². The van der Waals surface area contributed by atoms with Crippen LogP contribution >= 0.6 is 11.3 Å². The summed E-state index contributed by atoms with van der Waals surface area (Å²) in [5, 5.41) is 13.3. The summed E-state index contributed by atoms with van der Waals surface area (Å²) in [5.74, 6) is -0.886. The molecule has 1 aromatic rings. The number of carbonyl (C=O) groups excluding carboxylic acids is 1. The van der Waals surface area contributed by atoms with E-state index in [0.717, 1.165) is 29.6 Å². The van der Waals surface area contributed by atoms with Crippen LogP contribution in [0.15, 0.2) is 17.5 Å². The Balaban J connectivity index is 1.99. The highest BCUT2D eigenvalue weighted by Gasteiger charge is 2.25. The molecule has 0 spiro atoms. The van der Waals surface area contributed by atoms with E-state index in [4.69, 9.17) is 5.11 Å². The summed E-state index contributed by atoms with van der Waals surface area (Å²) in [4.78, 5) is 25.2. The SMILES string of the molecule is CC1C(=O)NCCN1Cc1cc(C=CC(=O)O)cs1. The minimum Gasteiger partial charge on any atom is -0.478 e. The van der Waals surface area contributed by atoms with Crippen molar-refractivity contribution in [2.45, 2.75) is 19.5 Å². The molecule has 1 unspecified atom stereocenters. The van der Waals surface area contributed by atoms with Gasteiger partial charge in [0, 0.05) is 30.6 Å². The highest BCUT2D eigenvalue weighted by atomic mass is 32.1. The van der Waals surface area contributed by atoms with Crippen molar-refractivity contribution in [2.75, 3.05) is 13.1 Å². The first-order valence-corrected chi connectivity index (χ1v) is 6.94. The lowest BCUT2D eigenvalue weighted by atomic mass is 10.2. The minimum atomic E-state index is -0.950. The average Bonchev–Trinajstić information content (AvgIpc) is 2.80. The van der Waals surface area contributed by atoms with Gasteiger partial charge in [0.1, 0.15) is 0 Å². The Morgan fingerprint density at radius 1 is 1.68 bits per heavy atom. The molecule has 1 amide bonds. The predicted molar refractivity (Wildman–Crippen MR) is 73.9 cm³/mol. The first kappa shape index (κ1) is 13.8. The van der Waals surface area contributed by atoms with E-state index >= 15 is 0 Å². The third kappa shape index (κ3) is 3.65. The molecule has 1 aliphatic heterocycles. The van der Waals surface area contributed by atoms with Gasteiger partial charge in [-0.3, -0.25) is 9.69 Å². The molecule has 1 aliphatic rings. The number of carbonyl (C=O) groups is 2. The molecular formula is C13H16N2O3S. The van der Waals surface area contributed by atoms with Crippen molar-refractivity contribution in [1.29, 1.82) is 0 Å². The largest absolute Gasteiger partial charge is 0.478 e. The van der Waals surface area contributed by atoms with Crippen molar-refractivity contribution >= 4 is 29.3 Å². The number of piperazine rings is 1. The summed E-state index contributed by atoms with van der Waals surface area (Å²) < 4.78 is 0. The molecule has 0 radical (unpaired) electrons. The number of nitrogens with one attached hydrogen (secondary N) is 1. The van der Waals surface area contributed by atoms with Crippen LogP contribution in [0.4, 0.5) is 0 Å². The second kappa shape index (κ2) is 5.99. The lowest BCUT2D eigenvalue weighted by Gasteiger charge is -2.32. The van der Waals surface area contributed by atoms with Crippen LogP contribution in [0, 0.1) is 0 Å². The van der Waals surface area contributed by atoms with Crippen molar-refractivity contribution in [3.63, 3.8) is 0 Å². The number of hydrogen-bond donors (Lipinski definition) is 2. The highest BCUT2D eigenvalue weighted by molar-refractivity contribution is 7.10. The molecule has 1 fully saturated rings. The van der Waals surface area contributed by atoms with E-state index in [9.17, 15) is 9.59 Å². The second-order valence-electron chi connectivity index (χ2n) is 4.46. The molecule has 102 valence electrons. The Kier molecular flexibility index (Phi) is 4.34. The lowest BCUT2D eigenvalue weighted by molar-refractivity contribution is -0.131. The van der Waals surface area contributed by atoms with E-state index in [1.54, 1.807) is 17.4 Å². The number of amides is 1. The predicted octanol–water partition coefficient (Wildman–Crippen LogP) is 1.17. The van der Waals surface area contributed by atoms with Gasteiger partial charge >= 0.3 is 5.97 Å². The molecule has 2 heterocycles. The molecular weight excluding hydrogens is 264 g/mol. The number of thiophene rings is 1. The van der Waals surface area contributed by atoms with Gasteiger partial charge in [-0.05, 0) is 30.0 Å². The summed E-state index contributed by atoms with van der Waals surface area (Å²) in [6.07, 6.45) is 2.71. The van der Waals surface area contributed by atoms with Gasteiger partial charge in [-0.25, -0.2) is 4.79 Å². The number of rotatable bonds is 4. The first-order chi connectivity index (χ1) is 9.06. The van der Waals surface area contributed by atoms with Crippen LogP contribution in [0.5, 0.6) is 0 Å². The Labute approximate surface area is 115 Å². The van der Waals surface area contributed by atoms with Gasteiger partial charge in [0.15, 0.2) is 0 Å². The van der Waals surface area contributed by atoms with Gasteiger partial charge in [0.25, 0.3) is 0 Å². The molecule has 2 N–H and O–H groups in total. The number of aliphatic carboxylic acids is 1. The Hall–Kier alpha value is -1.66. The fourth-order valence-electron chi connectivity index (χ4n) is 1.98. The fourth-order valence-corrected chi connectivity index (χ4v) is 2.86. The van der Waals surface area contributed by atoms with Gasteiger partial charge < -0.3 is 10.4 Å². The Morgan fingerprint density at radius 3 is 3.21 bits per heavy atom. The van der Waals surface area contributed by atoms with Gasteiger partial charge in [-0.2, -0.15) is 0 Å². The van der Waals surface area contributed by atoms with Crippen LogP contribution in [0.3, 0.4) is 0 Å². The molecule has 2 rings (SSSR count). The van der Waals surface area contributed by atoms with Crippen molar-refractivity contribution in [3.05, 3.63) is 28.0 Å². The van der Waals surface area contributed by atoms with Crippen LogP contribution in [-0.2, 0) is 16.1 Å². The van der Waals surface area contributed by atoms with Crippen molar-refractivity contribution in [3.8, 4) is 0 Å². The van der Waals surface area contributed by atoms with Crippen molar-refractivity contribution in [1.82, 2.24) is 10.2 Å². The van der Waals surface area contributed by atoms with Gasteiger partial charge in [0.05, 0.1) is 6.04 Å². The standard InChI is InChI=1S/C13H16N2O3S/c1-9-13(18)14-4-5-15(9)7-11-6-10(8-19-11)2-3-12(16)17/h2-3,6,8-9H,4-5,7H2,1H3,(H,14,18)(H,16,17). The van der Waals surface area contributed by atoms with E-state index in [2.05, 4.69) is 10.2 Å². The molecule has 0 saturated carbocycles. The molecule has 0 bridgehead atoms. The van der Waals surface area contributed by atoms with E-state index in [-0.39, 0.29) is 11.9 Å². The van der Waals surface area contributed by atoms with E-state index in [0.29, 0.717) is 6.54 Å². The summed E-state index contributed by atoms with van der Waals surface area (Å²) in [5.41, 5.74) is 0.886. The minimum absolute atomic E-state index is 0.0637. The molecule has 19 heavy (non-hydrogen) atoms. The Morgan fingerprint density at radius 2 is 2.47 bits per heavy atom. The van der Waals surface area contributed by atoms with Crippen molar-refractivity contribution < 1.29 is 14.7 Å². The quantitative estimate of drug-likeness (QED) is 0.812. The zero-order valence-corrected chi connectivity index (χ0v) is 11.4. The van der Waals surface area contributed by atoms with Crippen LogP contribution in [0.25, 0.3) is 6.08 Å². The molecule has 0 aliphatic carbocycles. The third-order valence-electron chi connectivity index (χ3n) is 3.08. The maximum atomic E-state index is 11.6. The molecule has 5 nitrogen and oxygen atoms in total. The fraction of sp³-hybridized carbons (Fsp3) is 0.385. The molecule has 6 heteroatoms. The molecule has 0 aromatic carbocycles. The lowest BCUT2D eigenvalue weighted by Crippen LogP contribution is -2.53. The van der Waals surface area contributed by atoms with Crippen LogP contribution in [0.2, 0.25) is 0 Å². The molecule has 1 saturated heterocycles. The van der Waals surface area contributed by atoms with E-state index < -0.39 is 5.97 Å². The molecule has 1 atom stereocenters. The number of nitrogens with zero attached hydrogens (tertiary/aromatic N) is 1. The van der Waals surface area contributed by atoms with Gasteiger partial charge in [0.2, 0.25) is 5.91 Å². The van der Waals surface area contributed by atoms with E-state index in [1.165, 1.54) is 0 Å². The normalized spacial score (nSPS) is 20.7. The van der Waals surface area contributed by atoms with Crippen LogP contribution in [-0.4, -0.2) is 41.0 Å². The maximum absolute atomic E-state index is 11.6. The summed E-state index contributed by atoms with van der Waals surface area (Å²) >= 11 is 1.58. The summed E-state index contributed by atoms with van der Waals surface area (Å²) in [7, 11) is 0.